The van der Waals surface area contributed by atoms with Crippen LogP contribution >= 0.6 is 38.6 Å². The summed E-state index contributed by atoms with van der Waals surface area (Å²) in [5.74, 6) is -0.0372. The third-order valence-corrected chi connectivity index (χ3v) is 6.31. The SMILES string of the molecule is O=C(/C=c1/[nH]c(=O)/c(=C/c2ccc(-c3ccc(Br)cc3)s2)s1)c1ccco1. The number of carbonyl (C=O) groups is 1. The largest absolute Gasteiger partial charge is 0.461 e. The van der Waals surface area contributed by atoms with Crippen molar-refractivity contribution < 1.29 is 9.21 Å². The summed E-state index contributed by atoms with van der Waals surface area (Å²) in [7, 11) is 0. The molecule has 0 fully saturated rings. The number of hydrogen-bond acceptors (Lipinski definition) is 5. The molecular weight excluding hydrogens is 446 g/mol. The molecule has 0 spiro atoms. The molecule has 0 aliphatic carbocycles. The zero-order valence-corrected chi connectivity index (χ0v) is 17.0. The standard InChI is InChI=1S/C20H12BrNO3S2/c21-13-5-3-12(4-6-13)17-8-7-14(26-17)10-18-20(24)22-19(27-18)11-15(23)16-2-1-9-25-16/h1-11H,(H,22,24)/b18-10-,19-11-. The Morgan fingerprint density at radius 3 is 2.63 bits per heavy atom. The molecule has 4 nitrogen and oxygen atoms in total. The van der Waals surface area contributed by atoms with E-state index < -0.39 is 0 Å². The number of halogens is 1. The number of thiophene rings is 1. The smallest absolute Gasteiger partial charge is 0.266 e. The Bertz CT molecular complexity index is 1260. The lowest BCUT2D eigenvalue weighted by Gasteiger charge is -1.96. The van der Waals surface area contributed by atoms with Crippen molar-refractivity contribution in [3.8, 4) is 10.4 Å². The monoisotopic (exact) mass is 457 g/mol. The summed E-state index contributed by atoms with van der Waals surface area (Å²) < 4.78 is 7.16. The lowest BCUT2D eigenvalue weighted by Crippen LogP contribution is -2.19. The second-order valence-electron chi connectivity index (χ2n) is 5.62. The fraction of sp³-hybridized carbons (Fsp3) is 0. The average Bonchev–Trinajstić information content (AvgIpc) is 3.39. The van der Waals surface area contributed by atoms with Gasteiger partial charge in [-0.25, -0.2) is 0 Å². The Hall–Kier alpha value is -2.48. The van der Waals surface area contributed by atoms with Crippen LogP contribution < -0.4 is 14.8 Å². The predicted molar refractivity (Wildman–Crippen MR) is 113 cm³/mol. The maximum Gasteiger partial charge on any atom is 0.266 e. The van der Waals surface area contributed by atoms with Gasteiger partial charge in [0.25, 0.3) is 5.56 Å². The summed E-state index contributed by atoms with van der Waals surface area (Å²) in [4.78, 5) is 29.1. The Labute approximate surface area is 170 Å². The summed E-state index contributed by atoms with van der Waals surface area (Å²) in [6, 6.07) is 15.4. The van der Waals surface area contributed by atoms with Crippen molar-refractivity contribution in [1.29, 1.82) is 0 Å². The number of benzene rings is 1. The topological polar surface area (TPSA) is 63.1 Å². The van der Waals surface area contributed by atoms with Crippen LogP contribution in [0.5, 0.6) is 0 Å². The van der Waals surface area contributed by atoms with Crippen molar-refractivity contribution in [3.05, 3.63) is 89.5 Å². The molecule has 3 heterocycles. The van der Waals surface area contributed by atoms with E-state index in [0.29, 0.717) is 9.20 Å². The molecule has 7 heteroatoms. The van der Waals surface area contributed by atoms with Crippen LogP contribution in [0.2, 0.25) is 0 Å². The molecule has 0 aliphatic rings. The first kappa shape index (κ1) is 17.9. The molecule has 27 heavy (non-hydrogen) atoms. The number of furan rings is 1. The Morgan fingerprint density at radius 1 is 1.07 bits per heavy atom. The molecule has 0 atom stereocenters. The highest BCUT2D eigenvalue weighted by Gasteiger charge is 2.06. The fourth-order valence-electron chi connectivity index (χ4n) is 2.46. The van der Waals surface area contributed by atoms with E-state index in [9.17, 15) is 9.59 Å². The van der Waals surface area contributed by atoms with E-state index in [2.05, 4.69) is 20.9 Å². The maximum absolute atomic E-state index is 12.2. The minimum Gasteiger partial charge on any atom is -0.461 e. The van der Waals surface area contributed by atoms with Gasteiger partial charge in [-0.3, -0.25) is 9.59 Å². The van der Waals surface area contributed by atoms with Crippen molar-refractivity contribution in [2.45, 2.75) is 0 Å². The molecule has 3 aromatic heterocycles. The summed E-state index contributed by atoms with van der Waals surface area (Å²) in [6.45, 7) is 0. The number of thiazole rings is 1. The first-order valence-electron chi connectivity index (χ1n) is 7.95. The normalized spacial score (nSPS) is 12.6. The van der Waals surface area contributed by atoms with E-state index >= 15 is 0 Å². The molecule has 0 saturated heterocycles. The number of carbonyl (C=O) groups excluding carboxylic acids is 1. The zero-order valence-electron chi connectivity index (χ0n) is 13.8. The molecule has 4 rings (SSSR count). The molecule has 134 valence electrons. The van der Waals surface area contributed by atoms with Gasteiger partial charge in [0.1, 0.15) is 0 Å². The lowest BCUT2D eigenvalue weighted by atomic mass is 10.2. The van der Waals surface area contributed by atoms with Gasteiger partial charge in [-0.1, -0.05) is 28.1 Å². The minimum absolute atomic E-state index is 0.211. The predicted octanol–water partition coefficient (Wildman–Crippen LogP) is 4.01. The van der Waals surface area contributed by atoms with Crippen LogP contribution in [-0.4, -0.2) is 10.8 Å². The second kappa shape index (κ2) is 7.64. The Morgan fingerprint density at radius 2 is 1.89 bits per heavy atom. The second-order valence-corrected chi connectivity index (χ2v) is 8.74. The first-order valence-corrected chi connectivity index (χ1v) is 10.4. The van der Waals surface area contributed by atoms with E-state index in [1.807, 2.05) is 42.5 Å². The first-order chi connectivity index (χ1) is 13.1. The van der Waals surface area contributed by atoms with Crippen LogP contribution in [0.4, 0.5) is 0 Å². The van der Waals surface area contributed by atoms with Crippen molar-refractivity contribution in [3.63, 3.8) is 0 Å². The molecular formula is C20H12BrNO3S2. The van der Waals surface area contributed by atoms with Gasteiger partial charge in [0.2, 0.25) is 5.78 Å². The number of Topliss-reactive ketones (excluding diaryl/α,β-unsaturated/α-hetero) is 1. The van der Waals surface area contributed by atoms with Gasteiger partial charge in [-0.2, -0.15) is 0 Å². The van der Waals surface area contributed by atoms with Crippen LogP contribution in [-0.2, 0) is 0 Å². The van der Waals surface area contributed by atoms with Crippen LogP contribution in [0.3, 0.4) is 0 Å². The maximum atomic E-state index is 12.2. The summed E-state index contributed by atoms with van der Waals surface area (Å²) in [5.41, 5.74) is 0.915. The lowest BCUT2D eigenvalue weighted by molar-refractivity contribution is 0.103. The number of aromatic nitrogens is 1. The van der Waals surface area contributed by atoms with E-state index in [0.717, 1.165) is 19.8 Å². The van der Waals surface area contributed by atoms with Crippen LogP contribution in [0.1, 0.15) is 15.4 Å². The van der Waals surface area contributed by atoms with Gasteiger partial charge in [-0.05, 0) is 48.0 Å². The number of hydrogen-bond donors (Lipinski definition) is 1. The van der Waals surface area contributed by atoms with Crippen LogP contribution in [0.15, 0.2) is 68.5 Å². The summed E-state index contributed by atoms with van der Waals surface area (Å²) in [5, 5.41) is 0. The highest BCUT2D eigenvalue weighted by molar-refractivity contribution is 9.10. The summed E-state index contributed by atoms with van der Waals surface area (Å²) >= 11 is 6.29. The van der Waals surface area contributed by atoms with Crippen molar-refractivity contribution in [1.82, 2.24) is 4.98 Å². The van der Waals surface area contributed by atoms with Gasteiger partial charge < -0.3 is 9.40 Å². The highest BCUT2D eigenvalue weighted by atomic mass is 79.9. The van der Waals surface area contributed by atoms with Crippen LogP contribution in [0.25, 0.3) is 22.6 Å². The Balaban J connectivity index is 1.65. The molecule has 1 N–H and O–H groups in total. The Kier molecular flexibility index (Phi) is 5.07. The molecule has 0 unspecified atom stereocenters. The zero-order chi connectivity index (χ0) is 18.8. The van der Waals surface area contributed by atoms with Crippen molar-refractivity contribution in [2.24, 2.45) is 0 Å². The van der Waals surface area contributed by atoms with Crippen LogP contribution in [0, 0.1) is 0 Å². The average molecular weight is 458 g/mol. The highest BCUT2D eigenvalue weighted by Crippen LogP contribution is 2.29. The van der Waals surface area contributed by atoms with Gasteiger partial charge >= 0.3 is 0 Å². The van der Waals surface area contributed by atoms with Gasteiger partial charge in [0.05, 0.1) is 15.5 Å². The van der Waals surface area contributed by atoms with E-state index in [4.69, 9.17) is 4.42 Å². The molecule has 0 aliphatic heterocycles. The number of aromatic amines is 1. The minimum atomic E-state index is -0.280. The summed E-state index contributed by atoms with van der Waals surface area (Å²) in [6.07, 6.45) is 4.66. The van der Waals surface area contributed by atoms with E-state index in [1.54, 1.807) is 23.5 Å². The van der Waals surface area contributed by atoms with Gasteiger partial charge in [0, 0.05) is 20.3 Å². The number of rotatable bonds is 4. The molecule has 0 bridgehead atoms. The molecule has 0 saturated carbocycles. The fourth-order valence-corrected chi connectivity index (χ4v) is 4.63. The third kappa shape index (κ3) is 4.10. The molecule has 4 aromatic rings. The van der Waals surface area contributed by atoms with E-state index in [-0.39, 0.29) is 17.1 Å². The quantitative estimate of drug-likeness (QED) is 0.470. The third-order valence-electron chi connectivity index (χ3n) is 3.74. The number of ketones is 1. The number of H-pyrrole nitrogens is 1. The van der Waals surface area contributed by atoms with Crippen molar-refractivity contribution >= 4 is 56.5 Å². The van der Waals surface area contributed by atoms with Crippen molar-refractivity contribution in [2.75, 3.05) is 0 Å². The van der Waals surface area contributed by atoms with Gasteiger partial charge in [0.15, 0.2) is 5.76 Å². The number of nitrogens with one attached hydrogen (secondary N) is 1. The molecule has 0 amide bonds. The van der Waals surface area contributed by atoms with Gasteiger partial charge in [-0.15, -0.1) is 22.7 Å². The van der Waals surface area contributed by atoms with E-state index in [1.165, 1.54) is 23.7 Å². The molecule has 1 aromatic carbocycles. The molecule has 0 radical (unpaired) electrons.